The van der Waals surface area contributed by atoms with Crippen LogP contribution in [0.4, 0.5) is 0 Å². The maximum atomic E-state index is 12.5. The Morgan fingerprint density at radius 2 is 1.90 bits per heavy atom. The number of hydrogen-bond acceptors (Lipinski definition) is 4. The van der Waals surface area contributed by atoms with Crippen LogP contribution in [0.3, 0.4) is 0 Å². The Bertz CT molecular complexity index is 976. The summed E-state index contributed by atoms with van der Waals surface area (Å²) in [5.74, 6) is -0.127. The van der Waals surface area contributed by atoms with E-state index in [-0.39, 0.29) is 29.8 Å². The number of carbonyl (C=O) groups excluding carboxylic acids is 1. The first-order valence-electron chi connectivity index (χ1n) is 10.4. The summed E-state index contributed by atoms with van der Waals surface area (Å²) in [5, 5.41) is 3.04. The van der Waals surface area contributed by atoms with E-state index in [9.17, 15) is 13.2 Å². The van der Waals surface area contributed by atoms with Gasteiger partial charge in [0.25, 0.3) is 0 Å². The molecule has 6 nitrogen and oxygen atoms in total. The SMILES string of the molecule is Cc1ccc(S(=O)(=O)NCCC(=O)NC2CCN(C(C)c3ccccc3)C2)c(C)c1. The molecule has 1 heterocycles. The van der Waals surface area contributed by atoms with Crippen molar-refractivity contribution < 1.29 is 13.2 Å². The zero-order valence-corrected chi connectivity index (χ0v) is 18.7. The van der Waals surface area contributed by atoms with Crippen molar-refractivity contribution in [2.45, 2.75) is 50.6 Å². The maximum Gasteiger partial charge on any atom is 0.240 e. The second-order valence-corrected chi connectivity index (χ2v) is 9.79. The lowest BCUT2D eigenvalue weighted by Gasteiger charge is -2.24. The standard InChI is InChI=1S/C23H31N3O3S/c1-17-9-10-22(18(2)15-17)30(28,29)24-13-11-23(27)25-21-12-14-26(16-21)19(3)20-7-5-4-6-8-20/h4-10,15,19,21,24H,11-14,16H2,1-3H3,(H,25,27). The van der Waals surface area contributed by atoms with Gasteiger partial charge in [-0.2, -0.15) is 0 Å². The molecule has 2 atom stereocenters. The molecule has 3 rings (SSSR count). The fourth-order valence-electron chi connectivity index (χ4n) is 3.98. The van der Waals surface area contributed by atoms with Crippen LogP contribution in [0.15, 0.2) is 53.4 Å². The molecule has 0 spiro atoms. The number of nitrogens with zero attached hydrogens (tertiary/aromatic N) is 1. The largest absolute Gasteiger partial charge is 0.352 e. The van der Waals surface area contributed by atoms with E-state index in [4.69, 9.17) is 0 Å². The van der Waals surface area contributed by atoms with Crippen molar-refractivity contribution in [1.29, 1.82) is 0 Å². The molecule has 0 aromatic heterocycles. The minimum absolute atomic E-state index is 0.0817. The van der Waals surface area contributed by atoms with Crippen molar-refractivity contribution in [3.05, 3.63) is 65.2 Å². The van der Waals surface area contributed by atoms with Crippen molar-refractivity contribution in [1.82, 2.24) is 14.9 Å². The van der Waals surface area contributed by atoms with Gasteiger partial charge in [-0.15, -0.1) is 0 Å². The Kier molecular flexibility index (Phi) is 7.28. The van der Waals surface area contributed by atoms with Crippen LogP contribution in [-0.4, -0.2) is 44.9 Å². The monoisotopic (exact) mass is 429 g/mol. The third kappa shape index (κ3) is 5.68. The number of nitrogens with one attached hydrogen (secondary N) is 2. The summed E-state index contributed by atoms with van der Waals surface area (Å²) >= 11 is 0. The molecule has 0 saturated carbocycles. The topological polar surface area (TPSA) is 78.5 Å². The minimum atomic E-state index is -3.62. The van der Waals surface area contributed by atoms with Gasteiger partial charge in [0.2, 0.25) is 15.9 Å². The fraction of sp³-hybridized carbons (Fsp3) is 0.435. The highest BCUT2D eigenvalue weighted by Gasteiger charge is 2.27. The van der Waals surface area contributed by atoms with Crippen molar-refractivity contribution in [2.75, 3.05) is 19.6 Å². The summed E-state index contributed by atoms with van der Waals surface area (Å²) in [7, 11) is -3.62. The van der Waals surface area contributed by atoms with Crippen LogP contribution in [0.5, 0.6) is 0 Å². The van der Waals surface area contributed by atoms with Gasteiger partial charge in [0, 0.05) is 38.1 Å². The molecular weight excluding hydrogens is 398 g/mol. The third-order valence-electron chi connectivity index (χ3n) is 5.68. The van der Waals surface area contributed by atoms with Crippen LogP contribution in [-0.2, 0) is 14.8 Å². The van der Waals surface area contributed by atoms with Crippen molar-refractivity contribution in [3.63, 3.8) is 0 Å². The molecule has 2 aromatic carbocycles. The van der Waals surface area contributed by atoms with Gasteiger partial charge < -0.3 is 5.32 Å². The highest BCUT2D eigenvalue weighted by Crippen LogP contribution is 2.24. The van der Waals surface area contributed by atoms with E-state index in [1.54, 1.807) is 19.1 Å². The molecule has 1 amide bonds. The predicted molar refractivity (Wildman–Crippen MR) is 119 cm³/mol. The first kappa shape index (κ1) is 22.5. The van der Waals surface area contributed by atoms with Crippen LogP contribution in [0, 0.1) is 13.8 Å². The number of sulfonamides is 1. The Hall–Kier alpha value is -2.22. The van der Waals surface area contributed by atoms with E-state index < -0.39 is 10.0 Å². The van der Waals surface area contributed by atoms with Crippen LogP contribution in [0.2, 0.25) is 0 Å². The number of hydrogen-bond donors (Lipinski definition) is 2. The highest BCUT2D eigenvalue weighted by molar-refractivity contribution is 7.89. The average Bonchev–Trinajstić information content (AvgIpc) is 3.16. The lowest BCUT2D eigenvalue weighted by Crippen LogP contribution is -2.39. The highest BCUT2D eigenvalue weighted by atomic mass is 32.2. The predicted octanol–water partition coefficient (Wildman–Crippen LogP) is 2.92. The van der Waals surface area contributed by atoms with E-state index in [1.165, 1.54) is 5.56 Å². The van der Waals surface area contributed by atoms with Gasteiger partial charge in [-0.3, -0.25) is 9.69 Å². The summed E-state index contributed by atoms with van der Waals surface area (Å²) in [6.45, 7) is 7.69. The summed E-state index contributed by atoms with van der Waals surface area (Å²) < 4.78 is 27.5. The van der Waals surface area contributed by atoms with Gasteiger partial charge in [-0.25, -0.2) is 13.1 Å². The number of benzene rings is 2. The summed E-state index contributed by atoms with van der Waals surface area (Å²) in [6.07, 6.45) is 1.02. The van der Waals surface area contributed by atoms with E-state index in [0.717, 1.165) is 25.1 Å². The fourth-order valence-corrected chi connectivity index (χ4v) is 5.23. The number of likely N-dealkylation sites (tertiary alicyclic amines) is 1. The molecule has 1 saturated heterocycles. The van der Waals surface area contributed by atoms with Crippen LogP contribution >= 0.6 is 0 Å². The van der Waals surface area contributed by atoms with E-state index >= 15 is 0 Å². The van der Waals surface area contributed by atoms with Crippen LogP contribution < -0.4 is 10.0 Å². The molecule has 1 aliphatic heterocycles. The molecule has 2 aromatic rings. The minimum Gasteiger partial charge on any atom is -0.352 e. The smallest absolute Gasteiger partial charge is 0.240 e. The van der Waals surface area contributed by atoms with Crippen LogP contribution in [0.25, 0.3) is 0 Å². The van der Waals surface area contributed by atoms with Crippen molar-refractivity contribution in [2.24, 2.45) is 0 Å². The van der Waals surface area contributed by atoms with Gasteiger partial charge >= 0.3 is 0 Å². The Labute approximate surface area is 179 Å². The molecule has 162 valence electrons. The van der Waals surface area contributed by atoms with Gasteiger partial charge in [-0.05, 0) is 44.4 Å². The first-order valence-corrected chi connectivity index (χ1v) is 11.9. The molecule has 0 radical (unpaired) electrons. The van der Waals surface area contributed by atoms with E-state index in [2.05, 4.69) is 34.0 Å². The quantitative estimate of drug-likeness (QED) is 0.676. The number of carbonyl (C=O) groups is 1. The lowest BCUT2D eigenvalue weighted by atomic mass is 10.1. The number of rotatable bonds is 8. The zero-order valence-electron chi connectivity index (χ0n) is 17.9. The molecule has 1 aliphatic rings. The zero-order chi connectivity index (χ0) is 21.7. The number of amides is 1. The summed E-state index contributed by atoms with van der Waals surface area (Å²) in [4.78, 5) is 14.9. The molecule has 7 heteroatoms. The molecule has 1 fully saturated rings. The van der Waals surface area contributed by atoms with Crippen LogP contribution in [0.1, 0.15) is 42.5 Å². The Balaban J connectivity index is 1.45. The second-order valence-electron chi connectivity index (χ2n) is 8.05. The summed E-state index contributed by atoms with van der Waals surface area (Å²) in [6, 6.07) is 16.0. The molecule has 30 heavy (non-hydrogen) atoms. The summed E-state index contributed by atoms with van der Waals surface area (Å²) in [5.41, 5.74) is 2.98. The second kappa shape index (κ2) is 9.73. The number of aryl methyl sites for hydroxylation is 2. The molecular formula is C23H31N3O3S. The van der Waals surface area contributed by atoms with Gasteiger partial charge in [0.15, 0.2) is 0 Å². The third-order valence-corrected chi connectivity index (χ3v) is 7.30. The first-order chi connectivity index (χ1) is 14.3. The van der Waals surface area contributed by atoms with Gasteiger partial charge in [0.05, 0.1) is 4.90 Å². The van der Waals surface area contributed by atoms with Crippen molar-refractivity contribution >= 4 is 15.9 Å². The normalized spacial score (nSPS) is 18.3. The van der Waals surface area contributed by atoms with E-state index in [0.29, 0.717) is 11.6 Å². The molecule has 2 unspecified atom stereocenters. The lowest BCUT2D eigenvalue weighted by molar-refractivity contribution is -0.121. The van der Waals surface area contributed by atoms with Crippen molar-refractivity contribution in [3.8, 4) is 0 Å². The Morgan fingerprint density at radius 1 is 1.17 bits per heavy atom. The molecule has 0 aliphatic carbocycles. The van der Waals surface area contributed by atoms with Gasteiger partial charge in [-0.1, -0.05) is 48.0 Å². The average molecular weight is 430 g/mol. The Morgan fingerprint density at radius 3 is 2.60 bits per heavy atom. The molecule has 0 bridgehead atoms. The molecule has 2 N–H and O–H groups in total. The maximum absolute atomic E-state index is 12.5. The van der Waals surface area contributed by atoms with E-state index in [1.807, 2.05) is 31.2 Å². The van der Waals surface area contributed by atoms with Gasteiger partial charge in [0.1, 0.15) is 0 Å².